The molecule has 0 spiro atoms. The highest BCUT2D eigenvalue weighted by Crippen LogP contribution is 2.23. The van der Waals surface area contributed by atoms with Crippen molar-refractivity contribution in [2.75, 3.05) is 26.2 Å². The van der Waals surface area contributed by atoms with Gasteiger partial charge in [-0.05, 0) is 24.3 Å². The first-order chi connectivity index (χ1) is 11.9. The molecule has 2 fully saturated rings. The van der Waals surface area contributed by atoms with Crippen molar-refractivity contribution in [2.45, 2.75) is 6.04 Å². The second kappa shape index (κ2) is 6.24. The molecule has 0 aliphatic carbocycles. The average Bonchev–Trinajstić information content (AvgIpc) is 2.85. The summed E-state index contributed by atoms with van der Waals surface area (Å²) in [6.45, 7) is 0.0677. The number of rotatable bonds is 3. The first kappa shape index (κ1) is 16.4. The van der Waals surface area contributed by atoms with E-state index in [4.69, 9.17) is 11.0 Å². The summed E-state index contributed by atoms with van der Waals surface area (Å²) >= 11 is 0. The number of carbonyl (C=O) groups is 4. The third kappa shape index (κ3) is 2.89. The number of nitriles is 1. The van der Waals surface area contributed by atoms with Crippen LogP contribution < -0.4 is 5.73 Å². The second-order valence-corrected chi connectivity index (χ2v) is 5.82. The van der Waals surface area contributed by atoms with E-state index < -0.39 is 30.4 Å². The van der Waals surface area contributed by atoms with Gasteiger partial charge < -0.3 is 15.5 Å². The second-order valence-electron chi connectivity index (χ2n) is 5.82. The molecule has 1 atom stereocenters. The molecule has 128 valence electrons. The lowest BCUT2D eigenvalue weighted by atomic mass is 10.1. The molecule has 9 nitrogen and oxygen atoms in total. The lowest BCUT2D eigenvalue weighted by Crippen LogP contribution is -2.54. The topological polar surface area (TPSA) is 128 Å². The van der Waals surface area contributed by atoms with E-state index in [1.54, 1.807) is 24.3 Å². The molecule has 1 aromatic rings. The zero-order valence-corrected chi connectivity index (χ0v) is 13.2. The maximum absolute atomic E-state index is 12.6. The van der Waals surface area contributed by atoms with Gasteiger partial charge in [0.1, 0.15) is 12.6 Å². The van der Waals surface area contributed by atoms with Gasteiger partial charge in [0.15, 0.2) is 0 Å². The van der Waals surface area contributed by atoms with E-state index in [9.17, 15) is 19.2 Å². The largest absolute Gasteiger partial charge is 0.368 e. The number of benzene rings is 1. The fourth-order valence-corrected chi connectivity index (χ4v) is 3.01. The first-order valence-corrected chi connectivity index (χ1v) is 7.62. The Balaban J connectivity index is 1.75. The van der Waals surface area contributed by atoms with Crippen LogP contribution in [0.3, 0.4) is 0 Å². The zero-order chi connectivity index (χ0) is 18.1. The van der Waals surface area contributed by atoms with Crippen LogP contribution >= 0.6 is 0 Å². The summed E-state index contributed by atoms with van der Waals surface area (Å²) in [7, 11) is 0. The third-order valence-corrected chi connectivity index (χ3v) is 4.27. The smallest absolute Gasteiger partial charge is 0.328 e. The molecule has 0 bridgehead atoms. The average molecular weight is 341 g/mol. The van der Waals surface area contributed by atoms with E-state index in [0.717, 1.165) is 4.90 Å². The molecule has 25 heavy (non-hydrogen) atoms. The van der Waals surface area contributed by atoms with Gasteiger partial charge in [-0.3, -0.25) is 19.3 Å². The number of carbonyl (C=O) groups excluding carboxylic acids is 4. The molecule has 0 saturated carbocycles. The highest BCUT2D eigenvalue weighted by atomic mass is 16.2. The standard InChI is InChI=1S/C16H15N5O4/c17-7-10-1-3-11(4-2-10)14(23)19-5-6-20-12(8-19)15(24)21(16(20)25)9-13(18)22/h1-4,12H,5-6,8-9H2,(H2,18,22). The van der Waals surface area contributed by atoms with Crippen LogP contribution in [0.1, 0.15) is 15.9 Å². The summed E-state index contributed by atoms with van der Waals surface area (Å²) in [6.07, 6.45) is 0. The summed E-state index contributed by atoms with van der Waals surface area (Å²) in [5, 5.41) is 8.80. The van der Waals surface area contributed by atoms with E-state index in [1.165, 1.54) is 9.80 Å². The molecule has 2 aliphatic rings. The Morgan fingerprint density at radius 2 is 1.88 bits per heavy atom. The summed E-state index contributed by atoms with van der Waals surface area (Å²) in [5.74, 6) is -1.58. The van der Waals surface area contributed by atoms with Crippen molar-refractivity contribution in [3.05, 3.63) is 35.4 Å². The fraction of sp³-hybridized carbons (Fsp3) is 0.312. The van der Waals surface area contributed by atoms with Crippen LogP contribution in [0, 0.1) is 11.3 Å². The predicted octanol–water partition coefficient (Wildman–Crippen LogP) is -0.868. The molecule has 2 saturated heterocycles. The minimum absolute atomic E-state index is 0.0542. The van der Waals surface area contributed by atoms with Gasteiger partial charge in [-0.25, -0.2) is 4.79 Å². The van der Waals surface area contributed by atoms with Gasteiger partial charge in [-0.1, -0.05) is 0 Å². The van der Waals surface area contributed by atoms with Crippen molar-refractivity contribution < 1.29 is 19.2 Å². The van der Waals surface area contributed by atoms with Gasteiger partial charge in [0, 0.05) is 18.7 Å². The molecule has 2 aliphatic heterocycles. The molecule has 9 heteroatoms. The number of amides is 5. The van der Waals surface area contributed by atoms with Crippen molar-refractivity contribution in [2.24, 2.45) is 5.73 Å². The van der Waals surface area contributed by atoms with Crippen LogP contribution in [0.25, 0.3) is 0 Å². The van der Waals surface area contributed by atoms with Crippen molar-refractivity contribution >= 4 is 23.8 Å². The minimum Gasteiger partial charge on any atom is -0.368 e. The number of imide groups is 1. The van der Waals surface area contributed by atoms with Gasteiger partial charge in [0.05, 0.1) is 18.2 Å². The SMILES string of the molecule is N#Cc1ccc(C(=O)N2CCN3C(=O)N(CC(N)=O)C(=O)C3C2)cc1. The van der Waals surface area contributed by atoms with E-state index in [0.29, 0.717) is 11.1 Å². The normalized spacial score (nSPS) is 19.6. The Hall–Kier alpha value is -3.41. The molecular formula is C16H15N5O4. The summed E-state index contributed by atoms with van der Waals surface area (Å²) < 4.78 is 0. The Bertz CT molecular complexity index is 798. The lowest BCUT2D eigenvalue weighted by Gasteiger charge is -2.35. The van der Waals surface area contributed by atoms with Gasteiger partial charge in [0.2, 0.25) is 5.91 Å². The molecule has 1 aromatic carbocycles. The van der Waals surface area contributed by atoms with E-state index in [1.807, 2.05) is 6.07 Å². The number of nitrogens with zero attached hydrogens (tertiary/aromatic N) is 4. The molecule has 0 aromatic heterocycles. The van der Waals surface area contributed by atoms with Crippen LogP contribution in [0.4, 0.5) is 4.79 Å². The number of fused-ring (bicyclic) bond motifs is 1. The molecular weight excluding hydrogens is 326 g/mol. The van der Waals surface area contributed by atoms with E-state index >= 15 is 0 Å². The van der Waals surface area contributed by atoms with Crippen LogP contribution in [0.15, 0.2) is 24.3 Å². The van der Waals surface area contributed by atoms with E-state index in [-0.39, 0.29) is 25.5 Å². The number of hydrogen-bond acceptors (Lipinski definition) is 5. The number of nitrogens with two attached hydrogens (primary N) is 1. The van der Waals surface area contributed by atoms with Gasteiger partial charge >= 0.3 is 6.03 Å². The molecule has 0 radical (unpaired) electrons. The Labute approximate surface area is 143 Å². The molecule has 1 unspecified atom stereocenters. The van der Waals surface area contributed by atoms with Gasteiger partial charge in [-0.15, -0.1) is 0 Å². The van der Waals surface area contributed by atoms with Crippen molar-refractivity contribution in [3.8, 4) is 6.07 Å². The molecule has 2 N–H and O–H groups in total. The predicted molar refractivity (Wildman–Crippen MR) is 83.9 cm³/mol. The number of primary amides is 1. The summed E-state index contributed by atoms with van der Waals surface area (Å²) in [5.41, 5.74) is 5.92. The minimum atomic E-state index is -0.803. The summed E-state index contributed by atoms with van der Waals surface area (Å²) in [4.78, 5) is 51.8. The van der Waals surface area contributed by atoms with Crippen LogP contribution in [0.2, 0.25) is 0 Å². The third-order valence-electron chi connectivity index (χ3n) is 4.27. The van der Waals surface area contributed by atoms with Crippen molar-refractivity contribution in [3.63, 3.8) is 0 Å². The number of hydrogen-bond donors (Lipinski definition) is 1. The van der Waals surface area contributed by atoms with Crippen LogP contribution in [0.5, 0.6) is 0 Å². The zero-order valence-electron chi connectivity index (χ0n) is 13.2. The maximum atomic E-state index is 12.6. The van der Waals surface area contributed by atoms with Crippen molar-refractivity contribution in [1.82, 2.24) is 14.7 Å². The molecule has 2 heterocycles. The highest BCUT2D eigenvalue weighted by Gasteiger charge is 2.48. The lowest BCUT2D eigenvalue weighted by molar-refractivity contribution is -0.132. The number of piperazine rings is 1. The first-order valence-electron chi connectivity index (χ1n) is 7.62. The molecule has 5 amide bonds. The van der Waals surface area contributed by atoms with Crippen LogP contribution in [-0.4, -0.2) is 70.7 Å². The highest BCUT2D eigenvalue weighted by molar-refractivity contribution is 6.07. The van der Waals surface area contributed by atoms with Gasteiger partial charge in [0.25, 0.3) is 11.8 Å². The molecule has 3 rings (SSSR count). The van der Waals surface area contributed by atoms with E-state index in [2.05, 4.69) is 0 Å². The number of urea groups is 1. The van der Waals surface area contributed by atoms with Crippen molar-refractivity contribution in [1.29, 1.82) is 5.26 Å². The summed E-state index contributed by atoms with van der Waals surface area (Å²) in [6, 6.07) is 6.81. The Morgan fingerprint density at radius 1 is 1.20 bits per heavy atom. The van der Waals surface area contributed by atoms with Crippen LogP contribution in [-0.2, 0) is 9.59 Å². The van der Waals surface area contributed by atoms with Gasteiger partial charge in [-0.2, -0.15) is 5.26 Å². The fourth-order valence-electron chi connectivity index (χ4n) is 3.01. The monoisotopic (exact) mass is 341 g/mol. The quantitative estimate of drug-likeness (QED) is 0.715. The maximum Gasteiger partial charge on any atom is 0.328 e. The Morgan fingerprint density at radius 3 is 2.48 bits per heavy atom. The Kier molecular flexibility index (Phi) is 4.10.